The molecule has 8 nitrogen and oxygen atoms in total. The highest BCUT2D eigenvalue weighted by atomic mass is 79.9. The molecule has 0 saturated heterocycles. The maximum absolute atomic E-state index is 13.1. The van der Waals surface area contributed by atoms with Crippen LogP contribution in [0.15, 0.2) is 77.3 Å². The first-order valence-corrected chi connectivity index (χ1v) is 12.2. The summed E-state index contributed by atoms with van der Waals surface area (Å²) in [5.41, 5.74) is 4.01. The van der Waals surface area contributed by atoms with Crippen molar-refractivity contribution in [2.45, 2.75) is 13.3 Å². The Morgan fingerprint density at radius 2 is 1.69 bits per heavy atom. The molecule has 0 saturated carbocycles. The van der Waals surface area contributed by atoms with Crippen LogP contribution in [0.2, 0.25) is 5.02 Å². The monoisotopic (exact) mass is 568 g/mol. The molecule has 0 fully saturated rings. The van der Waals surface area contributed by atoms with Gasteiger partial charge < -0.3 is 15.4 Å². The van der Waals surface area contributed by atoms with Crippen LogP contribution in [-0.2, 0) is 9.59 Å². The number of hydrogen-bond donors (Lipinski definition) is 3. The highest BCUT2D eigenvalue weighted by Gasteiger charge is 2.21. The van der Waals surface area contributed by atoms with Crippen LogP contribution in [0.25, 0.3) is 10.9 Å². The predicted molar refractivity (Wildman–Crippen MR) is 144 cm³/mol. The zero-order chi connectivity index (χ0) is 25.7. The minimum atomic E-state index is -0.950. The van der Waals surface area contributed by atoms with Crippen LogP contribution in [0, 0.1) is 0 Å². The molecule has 0 aliphatic carbocycles. The van der Waals surface area contributed by atoms with Crippen molar-refractivity contribution in [2.24, 2.45) is 0 Å². The lowest BCUT2D eigenvalue weighted by atomic mass is 10.2. The van der Waals surface area contributed by atoms with Crippen molar-refractivity contribution in [1.82, 2.24) is 4.68 Å². The minimum Gasteiger partial charge on any atom is -0.494 e. The molecule has 3 N–H and O–H groups in total. The third-order valence-corrected chi connectivity index (χ3v) is 5.95. The van der Waals surface area contributed by atoms with Crippen molar-refractivity contribution in [3.63, 3.8) is 0 Å². The summed E-state index contributed by atoms with van der Waals surface area (Å²) in [6.07, 6.45) is 0.877. The standard InChI is InChI=1S/C26H22BrClN4O4/c1-2-13-36-19-10-8-18(9-11-19)29-25(34)26(35)31-32-22-12-7-17(27)14-16(22)15-23(32)24(33)30-21-6-4-3-5-20(21)28/h3-12,14-15H,2,13H2,1H3,(H,29,34)(H,30,33)(H,31,35). The van der Waals surface area contributed by atoms with E-state index in [1.807, 2.05) is 6.92 Å². The molecule has 1 aromatic heterocycles. The Hall–Kier alpha value is -3.82. The van der Waals surface area contributed by atoms with E-state index < -0.39 is 17.7 Å². The SMILES string of the molecule is CCCOc1ccc(NC(=O)C(=O)Nn2c(C(=O)Nc3ccccc3Cl)cc3cc(Br)ccc32)cc1. The fourth-order valence-electron chi connectivity index (χ4n) is 3.42. The Morgan fingerprint density at radius 3 is 2.42 bits per heavy atom. The summed E-state index contributed by atoms with van der Waals surface area (Å²) in [6.45, 7) is 2.59. The highest BCUT2D eigenvalue weighted by molar-refractivity contribution is 9.10. The Bertz CT molecular complexity index is 1440. The van der Waals surface area contributed by atoms with Crippen LogP contribution in [0.1, 0.15) is 23.8 Å². The summed E-state index contributed by atoms with van der Waals surface area (Å²) in [6, 6.07) is 20.4. The smallest absolute Gasteiger partial charge is 0.328 e. The van der Waals surface area contributed by atoms with Gasteiger partial charge in [0.05, 0.1) is 22.8 Å². The van der Waals surface area contributed by atoms with E-state index in [0.717, 1.165) is 10.9 Å². The minimum absolute atomic E-state index is 0.113. The molecular weight excluding hydrogens is 548 g/mol. The number of amides is 3. The summed E-state index contributed by atoms with van der Waals surface area (Å²) in [5.74, 6) is -1.69. The lowest BCUT2D eigenvalue weighted by Gasteiger charge is -2.13. The van der Waals surface area contributed by atoms with Crippen LogP contribution in [0.4, 0.5) is 11.4 Å². The maximum atomic E-state index is 13.1. The Kier molecular flexibility index (Phi) is 7.92. The van der Waals surface area contributed by atoms with Gasteiger partial charge in [0, 0.05) is 15.5 Å². The third-order valence-electron chi connectivity index (χ3n) is 5.12. The molecule has 0 bridgehead atoms. The molecule has 0 atom stereocenters. The van der Waals surface area contributed by atoms with Crippen molar-refractivity contribution in [3.8, 4) is 5.75 Å². The second-order valence-electron chi connectivity index (χ2n) is 7.77. The summed E-state index contributed by atoms with van der Waals surface area (Å²) in [4.78, 5) is 38.5. The van der Waals surface area contributed by atoms with Crippen LogP contribution in [0.5, 0.6) is 5.75 Å². The number of fused-ring (bicyclic) bond motifs is 1. The molecule has 0 aliphatic heterocycles. The number of ether oxygens (including phenoxy) is 1. The van der Waals surface area contributed by atoms with E-state index in [4.69, 9.17) is 16.3 Å². The molecule has 0 radical (unpaired) electrons. The quantitative estimate of drug-likeness (QED) is 0.245. The molecule has 3 amide bonds. The van der Waals surface area contributed by atoms with Crippen molar-refractivity contribution < 1.29 is 19.1 Å². The van der Waals surface area contributed by atoms with Gasteiger partial charge in [0.1, 0.15) is 11.4 Å². The number of carbonyl (C=O) groups is 3. The fraction of sp³-hybridized carbons (Fsp3) is 0.115. The van der Waals surface area contributed by atoms with E-state index in [0.29, 0.717) is 39.7 Å². The highest BCUT2D eigenvalue weighted by Crippen LogP contribution is 2.26. The average molecular weight is 570 g/mol. The summed E-state index contributed by atoms with van der Waals surface area (Å²) < 4.78 is 7.59. The number of carbonyl (C=O) groups excluding carboxylic acids is 3. The fourth-order valence-corrected chi connectivity index (χ4v) is 3.98. The van der Waals surface area contributed by atoms with Crippen molar-refractivity contribution in [2.75, 3.05) is 22.7 Å². The molecule has 0 unspecified atom stereocenters. The summed E-state index contributed by atoms with van der Waals surface area (Å²) in [7, 11) is 0. The molecule has 184 valence electrons. The molecule has 0 aliphatic rings. The number of nitrogens with zero attached hydrogens (tertiary/aromatic N) is 1. The molecule has 0 spiro atoms. The van der Waals surface area contributed by atoms with Gasteiger partial charge in [-0.1, -0.05) is 46.6 Å². The third kappa shape index (κ3) is 5.87. The van der Waals surface area contributed by atoms with E-state index in [2.05, 4.69) is 32.0 Å². The maximum Gasteiger partial charge on any atom is 0.328 e. The first-order valence-electron chi connectivity index (χ1n) is 11.1. The number of anilines is 2. The van der Waals surface area contributed by atoms with Gasteiger partial charge in [0.25, 0.3) is 5.91 Å². The molecule has 10 heteroatoms. The lowest BCUT2D eigenvalue weighted by Crippen LogP contribution is -2.36. The van der Waals surface area contributed by atoms with E-state index in [-0.39, 0.29) is 5.69 Å². The number of para-hydroxylation sites is 1. The second kappa shape index (κ2) is 11.3. The average Bonchev–Trinajstić information content (AvgIpc) is 3.22. The summed E-state index contributed by atoms with van der Waals surface area (Å²) >= 11 is 9.58. The molecule has 4 aromatic rings. The number of aromatic nitrogens is 1. The van der Waals surface area contributed by atoms with Gasteiger partial charge in [0.2, 0.25) is 0 Å². The van der Waals surface area contributed by atoms with Crippen LogP contribution >= 0.6 is 27.5 Å². The topological polar surface area (TPSA) is 101 Å². The van der Waals surface area contributed by atoms with Gasteiger partial charge in [-0.05, 0) is 67.1 Å². The molecular formula is C26H22BrClN4O4. The first-order chi connectivity index (χ1) is 17.4. The van der Waals surface area contributed by atoms with E-state index in [1.54, 1.807) is 72.8 Å². The van der Waals surface area contributed by atoms with Crippen LogP contribution in [-0.4, -0.2) is 29.0 Å². The predicted octanol–water partition coefficient (Wildman–Crippen LogP) is 5.81. The van der Waals surface area contributed by atoms with Gasteiger partial charge in [-0.25, -0.2) is 4.68 Å². The largest absolute Gasteiger partial charge is 0.494 e. The summed E-state index contributed by atoms with van der Waals surface area (Å²) in [5, 5.41) is 6.33. The Labute approximate surface area is 220 Å². The molecule has 36 heavy (non-hydrogen) atoms. The van der Waals surface area contributed by atoms with Gasteiger partial charge in [-0.15, -0.1) is 0 Å². The Balaban J connectivity index is 1.55. The Morgan fingerprint density at radius 1 is 0.944 bits per heavy atom. The lowest BCUT2D eigenvalue weighted by molar-refractivity contribution is -0.133. The zero-order valence-corrected chi connectivity index (χ0v) is 21.5. The van der Waals surface area contributed by atoms with Crippen molar-refractivity contribution in [3.05, 3.63) is 88.0 Å². The second-order valence-corrected chi connectivity index (χ2v) is 9.09. The van der Waals surface area contributed by atoms with E-state index >= 15 is 0 Å². The molecule has 1 heterocycles. The van der Waals surface area contributed by atoms with Gasteiger partial charge in [0.15, 0.2) is 0 Å². The van der Waals surface area contributed by atoms with Gasteiger partial charge in [-0.3, -0.25) is 19.8 Å². The number of rotatable bonds is 7. The normalized spacial score (nSPS) is 10.6. The number of nitrogens with one attached hydrogen (secondary N) is 3. The molecule has 3 aromatic carbocycles. The van der Waals surface area contributed by atoms with Gasteiger partial charge >= 0.3 is 11.8 Å². The molecule has 4 rings (SSSR count). The van der Waals surface area contributed by atoms with Crippen LogP contribution in [0.3, 0.4) is 0 Å². The van der Waals surface area contributed by atoms with E-state index in [1.165, 1.54) is 4.68 Å². The number of benzene rings is 3. The van der Waals surface area contributed by atoms with Crippen LogP contribution < -0.4 is 20.8 Å². The van der Waals surface area contributed by atoms with Crippen molar-refractivity contribution >= 4 is 67.5 Å². The first kappa shape index (κ1) is 25.3. The van der Waals surface area contributed by atoms with Gasteiger partial charge in [-0.2, -0.15) is 0 Å². The van der Waals surface area contributed by atoms with E-state index in [9.17, 15) is 14.4 Å². The van der Waals surface area contributed by atoms with Crippen molar-refractivity contribution in [1.29, 1.82) is 0 Å². The number of hydrogen-bond acceptors (Lipinski definition) is 4. The zero-order valence-electron chi connectivity index (χ0n) is 19.2. The number of halogens is 2.